The maximum absolute atomic E-state index is 12.4. The first kappa shape index (κ1) is 16.1. The molecule has 1 atom stereocenters. The van der Waals surface area contributed by atoms with Crippen LogP contribution in [0.2, 0.25) is 10.0 Å². The van der Waals surface area contributed by atoms with Gasteiger partial charge in [0.25, 0.3) is 5.91 Å². The zero-order valence-electron chi connectivity index (χ0n) is 11.2. The van der Waals surface area contributed by atoms with Gasteiger partial charge in [0.15, 0.2) is 0 Å². The molecule has 6 heteroatoms. The average molecular weight is 305 g/mol. The lowest BCUT2D eigenvalue weighted by molar-refractivity contribution is 0.0579. The molecule has 0 bridgehead atoms. The third-order valence-corrected chi connectivity index (χ3v) is 3.49. The minimum Gasteiger partial charge on any atom is -0.396 e. The van der Waals surface area contributed by atoms with Crippen LogP contribution in [0.15, 0.2) is 12.1 Å². The summed E-state index contributed by atoms with van der Waals surface area (Å²) in [6, 6.07) is 3.04. The predicted octanol–water partition coefficient (Wildman–Crippen LogP) is 3.07. The number of hydrogen-bond acceptors (Lipinski definition) is 3. The second-order valence-corrected chi connectivity index (χ2v) is 5.06. The molecular weight excluding hydrogens is 287 g/mol. The van der Waals surface area contributed by atoms with E-state index < -0.39 is 0 Å². The number of halogens is 2. The number of carbonyl (C=O) groups excluding carboxylic acids is 1. The summed E-state index contributed by atoms with van der Waals surface area (Å²) >= 11 is 11.9. The fourth-order valence-electron chi connectivity index (χ4n) is 1.86. The Morgan fingerprint density at radius 2 is 1.95 bits per heavy atom. The Labute approximate surface area is 123 Å². The van der Waals surface area contributed by atoms with Crippen molar-refractivity contribution in [3.05, 3.63) is 27.7 Å². The van der Waals surface area contributed by atoms with Crippen molar-refractivity contribution in [3.8, 4) is 0 Å². The molecule has 0 aromatic heterocycles. The summed E-state index contributed by atoms with van der Waals surface area (Å²) in [4.78, 5) is 14.1. The molecule has 0 aliphatic heterocycles. The van der Waals surface area contributed by atoms with E-state index in [2.05, 4.69) is 0 Å². The van der Waals surface area contributed by atoms with E-state index in [1.54, 1.807) is 12.0 Å². The third-order valence-electron chi connectivity index (χ3n) is 2.87. The Kier molecular flexibility index (Phi) is 5.91. The van der Waals surface area contributed by atoms with Crippen LogP contribution in [0.3, 0.4) is 0 Å². The molecule has 2 N–H and O–H groups in total. The van der Waals surface area contributed by atoms with E-state index in [9.17, 15) is 4.79 Å². The number of nitrogens with zero attached hydrogens (tertiary/aromatic N) is 1. The van der Waals surface area contributed by atoms with Crippen LogP contribution in [0.5, 0.6) is 0 Å². The highest BCUT2D eigenvalue weighted by Gasteiger charge is 2.21. The Morgan fingerprint density at radius 3 is 2.37 bits per heavy atom. The molecule has 1 amide bonds. The lowest BCUT2D eigenvalue weighted by atomic mass is 10.1. The number of nitrogen functional groups attached to an aromatic ring is 1. The fraction of sp³-hybridized carbons (Fsp3) is 0.462. The monoisotopic (exact) mass is 304 g/mol. The molecule has 0 heterocycles. The van der Waals surface area contributed by atoms with Gasteiger partial charge in [-0.15, -0.1) is 0 Å². The van der Waals surface area contributed by atoms with Crippen molar-refractivity contribution >= 4 is 34.8 Å². The summed E-state index contributed by atoms with van der Waals surface area (Å²) in [6.07, 6.45) is 0. The predicted molar refractivity (Wildman–Crippen MR) is 78.9 cm³/mol. The van der Waals surface area contributed by atoms with Crippen molar-refractivity contribution < 1.29 is 9.53 Å². The van der Waals surface area contributed by atoms with Crippen molar-refractivity contribution in [1.82, 2.24) is 4.90 Å². The topological polar surface area (TPSA) is 55.6 Å². The highest BCUT2D eigenvalue weighted by molar-refractivity contribution is 6.39. The summed E-state index contributed by atoms with van der Waals surface area (Å²) in [7, 11) is 1.60. The number of nitrogens with two attached hydrogens (primary N) is 1. The zero-order chi connectivity index (χ0) is 14.6. The Hall–Kier alpha value is -0.970. The molecule has 0 saturated carbocycles. The van der Waals surface area contributed by atoms with Crippen LogP contribution < -0.4 is 5.73 Å². The summed E-state index contributed by atoms with van der Waals surface area (Å²) in [5, 5.41) is 0.567. The molecule has 0 spiro atoms. The summed E-state index contributed by atoms with van der Waals surface area (Å²) in [5.74, 6) is -0.143. The van der Waals surface area contributed by atoms with Crippen molar-refractivity contribution in [2.45, 2.75) is 19.9 Å². The number of anilines is 1. The van der Waals surface area contributed by atoms with Gasteiger partial charge in [-0.2, -0.15) is 0 Å². The van der Waals surface area contributed by atoms with Crippen LogP contribution in [0.4, 0.5) is 5.69 Å². The van der Waals surface area contributed by atoms with E-state index in [1.165, 1.54) is 12.1 Å². The number of methoxy groups -OCH3 is 1. The van der Waals surface area contributed by atoms with Crippen molar-refractivity contribution in [2.75, 3.05) is 26.0 Å². The number of carbonyl (C=O) groups is 1. The second-order valence-electron chi connectivity index (χ2n) is 4.25. The first-order chi connectivity index (χ1) is 8.92. The minimum atomic E-state index is -0.143. The lowest BCUT2D eigenvalue weighted by Crippen LogP contribution is -2.40. The van der Waals surface area contributed by atoms with Gasteiger partial charge in [0.2, 0.25) is 0 Å². The lowest BCUT2D eigenvalue weighted by Gasteiger charge is -2.27. The average Bonchev–Trinajstić information content (AvgIpc) is 2.36. The Morgan fingerprint density at radius 1 is 1.42 bits per heavy atom. The maximum Gasteiger partial charge on any atom is 0.254 e. The number of hydrogen-bond donors (Lipinski definition) is 1. The van der Waals surface area contributed by atoms with E-state index in [1.807, 2.05) is 13.8 Å². The molecule has 1 aromatic carbocycles. The van der Waals surface area contributed by atoms with Crippen molar-refractivity contribution in [1.29, 1.82) is 0 Å². The molecular formula is C13H18Cl2N2O2. The number of amides is 1. The Balaban J connectivity index is 3.04. The molecule has 0 aliphatic carbocycles. The van der Waals surface area contributed by atoms with Gasteiger partial charge in [0, 0.05) is 19.2 Å². The van der Waals surface area contributed by atoms with Gasteiger partial charge in [-0.05, 0) is 26.0 Å². The van der Waals surface area contributed by atoms with E-state index in [0.717, 1.165) is 0 Å². The number of ether oxygens (including phenoxy) is 1. The minimum absolute atomic E-state index is 0.0300. The first-order valence-corrected chi connectivity index (χ1v) is 6.72. The van der Waals surface area contributed by atoms with Crippen molar-refractivity contribution in [3.63, 3.8) is 0 Å². The standard InChI is InChI=1S/C13H18Cl2N2O2/c1-4-17(8(2)7-19-3)13(18)9-5-10(14)12(16)11(15)6-9/h5-6,8H,4,7,16H2,1-3H3. The van der Waals surface area contributed by atoms with Crippen LogP contribution in [-0.4, -0.2) is 37.1 Å². The van der Waals surface area contributed by atoms with Crippen LogP contribution in [0.1, 0.15) is 24.2 Å². The van der Waals surface area contributed by atoms with Gasteiger partial charge in [-0.1, -0.05) is 23.2 Å². The quantitative estimate of drug-likeness (QED) is 0.851. The van der Waals surface area contributed by atoms with E-state index >= 15 is 0 Å². The van der Waals surface area contributed by atoms with Crippen LogP contribution in [0, 0.1) is 0 Å². The van der Waals surface area contributed by atoms with Crippen LogP contribution in [0.25, 0.3) is 0 Å². The largest absolute Gasteiger partial charge is 0.396 e. The van der Waals surface area contributed by atoms with E-state index in [-0.39, 0.29) is 27.7 Å². The highest BCUT2D eigenvalue weighted by atomic mass is 35.5. The molecule has 1 aromatic rings. The van der Waals surface area contributed by atoms with Gasteiger partial charge >= 0.3 is 0 Å². The molecule has 4 nitrogen and oxygen atoms in total. The summed E-state index contributed by atoms with van der Waals surface area (Å²) in [6.45, 7) is 4.87. The van der Waals surface area contributed by atoms with E-state index in [0.29, 0.717) is 18.7 Å². The fourth-order valence-corrected chi connectivity index (χ4v) is 2.35. The molecule has 0 saturated heterocycles. The molecule has 106 valence electrons. The van der Waals surface area contributed by atoms with Crippen molar-refractivity contribution in [2.24, 2.45) is 0 Å². The van der Waals surface area contributed by atoms with Gasteiger partial charge in [-0.3, -0.25) is 4.79 Å². The normalized spacial score (nSPS) is 12.3. The molecule has 1 rings (SSSR count). The number of likely N-dealkylation sites (N-methyl/N-ethyl adjacent to an activating group) is 1. The van der Waals surface area contributed by atoms with Gasteiger partial charge in [0.1, 0.15) is 0 Å². The Bertz CT molecular complexity index is 443. The summed E-state index contributed by atoms with van der Waals surface area (Å²) < 4.78 is 5.07. The smallest absolute Gasteiger partial charge is 0.254 e. The van der Waals surface area contributed by atoms with E-state index in [4.69, 9.17) is 33.7 Å². The van der Waals surface area contributed by atoms with Gasteiger partial charge in [0.05, 0.1) is 28.4 Å². The molecule has 1 unspecified atom stereocenters. The molecule has 0 radical (unpaired) electrons. The summed E-state index contributed by atoms with van der Waals surface area (Å²) in [5.41, 5.74) is 6.37. The molecule has 19 heavy (non-hydrogen) atoms. The van der Waals surface area contributed by atoms with Gasteiger partial charge in [-0.25, -0.2) is 0 Å². The van der Waals surface area contributed by atoms with Gasteiger partial charge < -0.3 is 15.4 Å². The van der Waals surface area contributed by atoms with Crippen LogP contribution in [-0.2, 0) is 4.74 Å². The zero-order valence-corrected chi connectivity index (χ0v) is 12.8. The third kappa shape index (κ3) is 3.75. The first-order valence-electron chi connectivity index (χ1n) is 5.96. The SMILES string of the molecule is CCN(C(=O)c1cc(Cl)c(N)c(Cl)c1)C(C)COC. The highest BCUT2D eigenvalue weighted by Crippen LogP contribution is 2.29. The number of benzene rings is 1. The molecule has 0 fully saturated rings. The second kappa shape index (κ2) is 6.98. The number of rotatable bonds is 5. The van der Waals surface area contributed by atoms with Crippen LogP contribution >= 0.6 is 23.2 Å². The maximum atomic E-state index is 12.4. The molecule has 0 aliphatic rings.